The maximum Gasteiger partial charge on any atom is 0.407 e. The molecule has 0 fully saturated rings. The summed E-state index contributed by atoms with van der Waals surface area (Å²) in [5.41, 5.74) is 0. The smallest absolute Gasteiger partial charge is 0.407 e. The minimum absolute atomic E-state index is 0.216. The molecule has 1 aromatic heterocycles. The van der Waals surface area contributed by atoms with E-state index in [1.54, 1.807) is 24.4 Å². The summed E-state index contributed by atoms with van der Waals surface area (Å²) in [4.78, 5) is 14.9. The second-order valence-corrected chi connectivity index (χ2v) is 3.09. The van der Waals surface area contributed by atoms with Crippen molar-refractivity contribution in [3.05, 3.63) is 24.4 Å². The summed E-state index contributed by atoms with van der Waals surface area (Å²) in [6, 6.07) is 5.17. The third-order valence-corrected chi connectivity index (χ3v) is 1.85. The summed E-state index contributed by atoms with van der Waals surface area (Å²) in [6.07, 6.45) is 1.58. The van der Waals surface area contributed by atoms with E-state index in [1.807, 2.05) is 0 Å². The van der Waals surface area contributed by atoms with Gasteiger partial charge in [0.25, 0.3) is 0 Å². The first-order chi connectivity index (χ1) is 7.33. The van der Waals surface area contributed by atoms with Gasteiger partial charge in [0.1, 0.15) is 6.61 Å². The number of hydrogen-bond acceptors (Lipinski definition) is 6. The van der Waals surface area contributed by atoms with E-state index in [-0.39, 0.29) is 6.61 Å². The summed E-state index contributed by atoms with van der Waals surface area (Å²) in [7, 11) is 1.53. The average molecular weight is 229 g/mol. The Balaban J connectivity index is 2.17. The van der Waals surface area contributed by atoms with Crippen LogP contribution in [0.15, 0.2) is 24.4 Å². The van der Waals surface area contributed by atoms with Gasteiger partial charge in [-0.3, -0.25) is 0 Å². The van der Waals surface area contributed by atoms with Gasteiger partial charge in [-0.1, -0.05) is 6.07 Å². The van der Waals surface area contributed by atoms with Crippen LogP contribution in [0, 0.1) is 0 Å². The van der Waals surface area contributed by atoms with Gasteiger partial charge in [0.2, 0.25) is 5.88 Å². The van der Waals surface area contributed by atoms with Crippen molar-refractivity contribution in [2.75, 3.05) is 20.3 Å². The molecule has 0 aliphatic heterocycles. The van der Waals surface area contributed by atoms with E-state index < -0.39 is 5.30 Å². The highest BCUT2D eigenvalue weighted by Gasteiger charge is 2.06. The highest BCUT2D eigenvalue weighted by Crippen LogP contribution is 2.13. The summed E-state index contributed by atoms with van der Waals surface area (Å²) >= 11 is 0.601. The lowest BCUT2D eigenvalue weighted by molar-refractivity contribution is 0.114. The molecule has 0 atom stereocenters. The minimum Gasteiger partial charge on any atom is -0.453 e. The topological polar surface area (TPSA) is 57.7 Å². The summed E-state index contributed by atoms with van der Waals surface area (Å²) in [5.74, 6) is 0.367. The standard InChI is InChI=1S/C9H11NO4S/c1-12-6-7-13-9(11)15-14-8-4-2-3-5-10-8/h2-5H,6-7H2,1H3. The number of ether oxygens (including phenoxy) is 2. The quantitative estimate of drug-likeness (QED) is 0.436. The van der Waals surface area contributed by atoms with Crippen molar-refractivity contribution < 1.29 is 18.5 Å². The summed E-state index contributed by atoms with van der Waals surface area (Å²) in [5, 5.41) is -0.516. The van der Waals surface area contributed by atoms with Gasteiger partial charge in [0.05, 0.1) is 6.61 Å². The van der Waals surface area contributed by atoms with Crippen molar-refractivity contribution in [3.8, 4) is 5.88 Å². The number of aromatic nitrogens is 1. The zero-order valence-corrected chi connectivity index (χ0v) is 9.03. The molecule has 0 amide bonds. The van der Waals surface area contributed by atoms with Crippen molar-refractivity contribution >= 4 is 17.3 Å². The van der Waals surface area contributed by atoms with Gasteiger partial charge in [-0.2, -0.15) is 0 Å². The van der Waals surface area contributed by atoms with Crippen LogP contribution in [0.3, 0.4) is 0 Å². The van der Waals surface area contributed by atoms with Crippen molar-refractivity contribution in [1.82, 2.24) is 4.98 Å². The lowest BCUT2D eigenvalue weighted by Gasteiger charge is -2.03. The highest BCUT2D eigenvalue weighted by molar-refractivity contribution is 8.09. The third kappa shape index (κ3) is 5.24. The second-order valence-electron chi connectivity index (χ2n) is 2.43. The van der Waals surface area contributed by atoms with E-state index in [2.05, 4.69) is 4.98 Å². The second kappa shape index (κ2) is 7.08. The van der Waals surface area contributed by atoms with Crippen LogP contribution in [0.1, 0.15) is 0 Å². The Labute approximate surface area is 91.9 Å². The van der Waals surface area contributed by atoms with Crippen LogP contribution in [-0.4, -0.2) is 30.6 Å². The number of hydrogen-bond donors (Lipinski definition) is 0. The van der Waals surface area contributed by atoms with Gasteiger partial charge in [0.15, 0.2) is 12.0 Å². The molecule has 1 rings (SSSR count). The predicted molar refractivity (Wildman–Crippen MR) is 55.7 cm³/mol. The average Bonchev–Trinajstić information content (AvgIpc) is 2.28. The normalized spacial score (nSPS) is 9.67. The molecule has 0 bridgehead atoms. The van der Waals surface area contributed by atoms with Crippen LogP contribution in [0.4, 0.5) is 4.79 Å². The molecular weight excluding hydrogens is 218 g/mol. The van der Waals surface area contributed by atoms with E-state index in [0.717, 1.165) is 0 Å². The molecule has 15 heavy (non-hydrogen) atoms. The predicted octanol–water partition coefficient (Wildman–Crippen LogP) is 1.89. The first-order valence-electron chi connectivity index (χ1n) is 4.24. The van der Waals surface area contributed by atoms with E-state index in [9.17, 15) is 4.79 Å². The number of carbonyl (C=O) groups is 1. The van der Waals surface area contributed by atoms with Gasteiger partial charge in [-0.25, -0.2) is 9.78 Å². The zero-order chi connectivity index (χ0) is 10.9. The van der Waals surface area contributed by atoms with Crippen molar-refractivity contribution in [2.45, 2.75) is 0 Å². The molecule has 0 radical (unpaired) electrons. The molecule has 0 aromatic carbocycles. The fourth-order valence-corrected chi connectivity index (χ4v) is 1.09. The lowest BCUT2D eigenvalue weighted by atomic mass is 10.5. The molecule has 0 aliphatic carbocycles. The van der Waals surface area contributed by atoms with Gasteiger partial charge < -0.3 is 13.7 Å². The number of methoxy groups -OCH3 is 1. The molecule has 5 nitrogen and oxygen atoms in total. The molecule has 0 aliphatic rings. The fourth-order valence-electron chi connectivity index (χ4n) is 0.705. The first-order valence-corrected chi connectivity index (χ1v) is 4.98. The molecule has 0 unspecified atom stereocenters. The zero-order valence-electron chi connectivity index (χ0n) is 8.21. The molecule has 1 aromatic rings. The number of pyridine rings is 1. The molecule has 0 spiro atoms. The first kappa shape index (κ1) is 11.8. The largest absolute Gasteiger partial charge is 0.453 e. The van der Waals surface area contributed by atoms with E-state index in [4.69, 9.17) is 13.7 Å². The number of nitrogens with zero attached hydrogens (tertiary/aromatic N) is 1. The lowest BCUT2D eigenvalue weighted by Crippen LogP contribution is -2.06. The Bertz CT molecular complexity index is 293. The number of rotatable bonds is 5. The Morgan fingerprint density at radius 2 is 2.33 bits per heavy atom. The minimum atomic E-state index is -0.516. The molecule has 82 valence electrons. The van der Waals surface area contributed by atoms with Crippen molar-refractivity contribution in [2.24, 2.45) is 0 Å². The van der Waals surface area contributed by atoms with Crippen molar-refractivity contribution in [3.63, 3.8) is 0 Å². The van der Waals surface area contributed by atoms with Crippen LogP contribution in [0.5, 0.6) is 5.88 Å². The van der Waals surface area contributed by atoms with Crippen LogP contribution in [-0.2, 0) is 9.47 Å². The maximum absolute atomic E-state index is 11.0. The Morgan fingerprint density at radius 3 is 3.00 bits per heavy atom. The van der Waals surface area contributed by atoms with Crippen LogP contribution >= 0.6 is 12.0 Å². The molecule has 0 saturated carbocycles. The van der Waals surface area contributed by atoms with Gasteiger partial charge >= 0.3 is 5.30 Å². The van der Waals surface area contributed by atoms with Crippen LogP contribution in [0.2, 0.25) is 0 Å². The Morgan fingerprint density at radius 1 is 1.47 bits per heavy atom. The molecule has 1 heterocycles. The van der Waals surface area contributed by atoms with Gasteiger partial charge in [-0.15, -0.1) is 0 Å². The van der Waals surface area contributed by atoms with E-state index in [1.165, 1.54) is 7.11 Å². The Kier molecular flexibility index (Phi) is 5.57. The fraction of sp³-hybridized carbons (Fsp3) is 0.333. The Hall–Kier alpha value is -1.27. The monoisotopic (exact) mass is 229 g/mol. The number of carbonyl (C=O) groups excluding carboxylic acids is 1. The highest BCUT2D eigenvalue weighted by atomic mass is 32.2. The summed E-state index contributed by atoms with van der Waals surface area (Å²) in [6.45, 7) is 0.587. The van der Waals surface area contributed by atoms with Crippen LogP contribution in [0.25, 0.3) is 0 Å². The van der Waals surface area contributed by atoms with Crippen LogP contribution < -0.4 is 4.18 Å². The van der Waals surface area contributed by atoms with E-state index >= 15 is 0 Å². The maximum atomic E-state index is 11.0. The molecule has 0 N–H and O–H groups in total. The van der Waals surface area contributed by atoms with Crippen molar-refractivity contribution in [1.29, 1.82) is 0 Å². The summed E-state index contributed by atoms with van der Waals surface area (Å²) < 4.78 is 14.5. The molecular formula is C9H11NO4S. The third-order valence-electron chi connectivity index (χ3n) is 1.34. The SMILES string of the molecule is COCCOC(=O)SOc1ccccn1. The van der Waals surface area contributed by atoms with Gasteiger partial charge in [-0.05, 0) is 6.07 Å². The van der Waals surface area contributed by atoms with E-state index in [0.29, 0.717) is 24.5 Å². The molecule has 0 saturated heterocycles. The van der Waals surface area contributed by atoms with Gasteiger partial charge in [0, 0.05) is 19.4 Å². The molecule has 6 heteroatoms.